The first-order valence-corrected chi connectivity index (χ1v) is 8.53. The van der Waals surface area contributed by atoms with Gasteiger partial charge in [-0.25, -0.2) is 9.67 Å². The van der Waals surface area contributed by atoms with E-state index in [1.165, 1.54) is 0 Å². The molecule has 0 saturated carbocycles. The van der Waals surface area contributed by atoms with Gasteiger partial charge >= 0.3 is 0 Å². The Labute approximate surface area is 151 Å². The van der Waals surface area contributed by atoms with Crippen LogP contribution in [0.2, 0.25) is 0 Å². The summed E-state index contributed by atoms with van der Waals surface area (Å²) < 4.78 is 1.80. The zero-order valence-corrected chi connectivity index (χ0v) is 14.8. The quantitative estimate of drug-likeness (QED) is 0.721. The summed E-state index contributed by atoms with van der Waals surface area (Å²) in [4.78, 5) is 25.2. The van der Waals surface area contributed by atoms with E-state index in [0.29, 0.717) is 5.56 Å². The molecule has 1 aliphatic heterocycles. The van der Waals surface area contributed by atoms with Crippen molar-refractivity contribution < 1.29 is 4.79 Å². The van der Waals surface area contributed by atoms with Crippen molar-refractivity contribution in [2.45, 2.75) is 13.0 Å². The lowest BCUT2D eigenvalue weighted by Gasteiger charge is -2.44. The van der Waals surface area contributed by atoms with Gasteiger partial charge in [-0.2, -0.15) is 5.10 Å². The van der Waals surface area contributed by atoms with Crippen LogP contribution in [0.15, 0.2) is 55.1 Å². The van der Waals surface area contributed by atoms with Crippen LogP contribution in [-0.4, -0.2) is 56.7 Å². The summed E-state index contributed by atoms with van der Waals surface area (Å²) in [6.45, 7) is 3.44. The minimum atomic E-state index is -0.00604. The number of anilines is 1. The molecular formula is C19H20N6O. The van der Waals surface area contributed by atoms with Gasteiger partial charge in [0.15, 0.2) is 0 Å². The lowest BCUT2D eigenvalue weighted by molar-refractivity contribution is 0.0704. The Morgan fingerprint density at radius 2 is 1.92 bits per heavy atom. The summed E-state index contributed by atoms with van der Waals surface area (Å²) in [5.41, 5.74) is 2.43. The fraction of sp³-hybridized carbons (Fsp3) is 0.263. The van der Waals surface area contributed by atoms with Crippen LogP contribution >= 0.6 is 0 Å². The summed E-state index contributed by atoms with van der Waals surface area (Å²) >= 11 is 0. The molecule has 7 nitrogen and oxygen atoms in total. The highest BCUT2D eigenvalue weighted by molar-refractivity contribution is 5.95. The van der Waals surface area contributed by atoms with Crippen molar-refractivity contribution in [3.8, 4) is 5.69 Å². The van der Waals surface area contributed by atoms with Gasteiger partial charge in [-0.3, -0.25) is 9.78 Å². The minimum Gasteiger partial charge on any atom is -0.351 e. The van der Waals surface area contributed by atoms with E-state index < -0.39 is 0 Å². The molecule has 4 rings (SSSR count). The lowest BCUT2D eigenvalue weighted by Crippen LogP contribution is -2.60. The van der Waals surface area contributed by atoms with E-state index >= 15 is 0 Å². The van der Waals surface area contributed by atoms with Crippen LogP contribution < -0.4 is 4.90 Å². The third-order valence-corrected chi connectivity index (χ3v) is 4.84. The highest BCUT2D eigenvalue weighted by Gasteiger charge is 2.34. The third-order valence-electron chi connectivity index (χ3n) is 4.84. The molecule has 7 heteroatoms. The number of carbonyl (C=O) groups excluding carboxylic acids is 1. The number of benzene rings is 1. The number of amides is 1. The maximum atomic E-state index is 12.9. The van der Waals surface area contributed by atoms with E-state index in [4.69, 9.17) is 0 Å². The number of nitrogens with zero attached hydrogens (tertiary/aromatic N) is 6. The molecule has 1 aromatic carbocycles. The van der Waals surface area contributed by atoms with Gasteiger partial charge in [0.05, 0.1) is 35.4 Å². The van der Waals surface area contributed by atoms with E-state index in [0.717, 1.165) is 30.3 Å². The number of hydrogen-bond donors (Lipinski definition) is 0. The molecule has 1 fully saturated rings. The van der Waals surface area contributed by atoms with E-state index in [9.17, 15) is 4.79 Å². The van der Waals surface area contributed by atoms with Gasteiger partial charge in [0, 0.05) is 32.5 Å². The van der Waals surface area contributed by atoms with Gasteiger partial charge in [0.25, 0.3) is 5.91 Å². The van der Waals surface area contributed by atoms with Crippen molar-refractivity contribution in [2.24, 2.45) is 0 Å². The zero-order chi connectivity index (χ0) is 18.1. The molecule has 1 saturated heterocycles. The molecule has 0 radical (unpaired) electrons. The van der Waals surface area contributed by atoms with Crippen LogP contribution in [0.1, 0.15) is 16.1 Å². The van der Waals surface area contributed by atoms with Gasteiger partial charge < -0.3 is 9.80 Å². The Balaban J connectivity index is 1.46. The SMILES string of the molecule is Cc1c(C(=O)N(C)C2CN(c3cnccn3)C2)cnn1-c1ccccc1. The normalized spacial score (nSPS) is 14.2. The fourth-order valence-corrected chi connectivity index (χ4v) is 3.15. The molecular weight excluding hydrogens is 328 g/mol. The van der Waals surface area contributed by atoms with Crippen LogP contribution in [0.4, 0.5) is 5.82 Å². The average Bonchev–Trinajstić information content (AvgIpc) is 3.03. The summed E-state index contributed by atoms with van der Waals surface area (Å²) in [5.74, 6) is 0.839. The van der Waals surface area contributed by atoms with Crippen LogP contribution in [-0.2, 0) is 0 Å². The van der Waals surface area contributed by atoms with Crippen LogP contribution in [0.5, 0.6) is 0 Å². The molecule has 0 spiro atoms. The molecule has 3 heterocycles. The summed E-state index contributed by atoms with van der Waals surface area (Å²) in [6, 6.07) is 9.98. The molecule has 1 amide bonds. The Hall–Kier alpha value is -3.22. The van der Waals surface area contributed by atoms with Crippen LogP contribution in [0, 0.1) is 6.92 Å². The number of carbonyl (C=O) groups is 1. The molecule has 0 atom stereocenters. The molecule has 0 unspecified atom stereocenters. The number of rotatable bonds is 4. The van der Waals surface area contributed by atoms with Crippen molar-refractivity contribution >= 4 is 11.7 Å². The summed E-state index contributed by atoms with van der Waals surface area (Å²) in [5, 5.41) is 4.40. The largest absolute Gasteiger partial charge is 0.351 e. The average molecular weight is 348 g/mol. The molecule has 1 aliphatic rings. The summed E-state index contributed by atoms with van der Waals surface area (Å²) in [6.07, 6.45) is 6.73. The first-order chi connectivity index (χ1) is 12.6. The van der Waals surface area contributed by atoms with Gasteiger partial charge in [-0.15, -0.1) is 0 Å². The molecule has 26 heavy (non-hydrogen) atoms. The molecule has 2 aromatic heterocycles. The first kappa shape index (κ1) is 16.3. The lowest BCUT2D eigenvalue weighted by atomic mass is 10.1. The summed E-state index contributed by atoms with van der Waals surface area (Å²) in [7, 11) is 1.85. The fourth-order valence-electron chi connectivity index (χ4n) is 3.15. The van der Waals surface area contributed by atoms with E-state index in [1.54, 1.807) is 34.4 Å². The monoisotopic (exact) mass is 348 g/mol. The maximum absolute atomic E-state index is 12.9. The molecule has 132 valence electrons. The Kier molecular flexibility index (Phi) is 4.12. The van der Waals surface area contributed by atoms with Crippen LogP contribution in [0.3, 0.4) is 0 Å². The van der Waals surface area contributed by atoms with Gasteiger partial charge in [-0.05, 0) is 19.1 Å². The van der Waals surface area contributed by atoms with Crippen molar-refractivity contribution in [2.75, 3.05) is 25.0 Å². The smallest absolute Gasteiger partial charge is 0.257 e. The third kappa shape index (κ3) is 2.81. The Bertz CT molecular complexity index is 902. The van der Waals surface area contributed by atoms with E-state index in [-0.39, 0.29) is 11.9 Å². The number of aromatic nitrogens is 4. The van der Waals surface area contributed by atoms with Crippen molar-refractivity contribution in [3.63, 3.8) is 0 Å². The Morgan fingerprint density at radius 1 is 1.15 bits per heavy atom. The van der Waals surface area contributed by atoms with Gasteiger partial charge in [0.1, 0.15) is 5.82 Å². The van der Waals surface area contributed by atoms with Crippen molar-refractivity contribution in [1.82, 2.24) is 24.6 Å². The second-order valence-corrected chi connectivity index (χ2v) is 6.43. The van der Waals surface area contributed by atoms with E-state index in [1.807, 2.05) is 44.3 Å². The van der Waals surface area contributed by atoms with Gasteiger partial charge in [-0.1, -0.05) is 18.2 Å². The van der Waals surface area contributed by atoms with Crippen molar-refractivity contribution in [1.29, 1.82) is 0 Å². The topological polar surface area (TPSA) is 67.2 Å². The Morgan fingerprint density at radius 3 is 2.62 bits per heavy atom. The number of para-hydroxylation sites is 1. The second kappa shape index (κ2) is 6.59. The molecule has 0 aliphatic carbocycles. The van der Waals surface area contributed by atoms with Crippen molar-refractivity contribution in [3.05, 3.63) is 66.4 Å². The predicted octanol–water partition coefficient (Wildman–Crippen LogP) is 1.93. The van der Waals surface area contributed by atoms with Crippen LogP contribution in [0.25, 0.3) is 5.69 Å². The second-order valence-electron chi connectivity index (χ2n) is 6.43. The van der Waals surface area contributed by atoms with E-state index in [2.05, 4.69) is 20.0 Å². The first-order valence-electron chi connectivity index (χ1n) is 8.53. The number of hydrogen-bond acceptors (Lipinski definition) is 5. The maximum Gasteiger partial charge on any atom is 0.257 e. The van der Waals surface area contributed by atoms with Gasteiger partial charge in [0.2, 0.25) is 0 Å². The standard InChI is InChI=1S/C19H20N6O/c1-14-17(10-22-25(14)15-6-4-3-5-7-15)19(26)23(2)16-12-24(13-16)18-11-20-8-9-21-18/h3-11,16H,12-13H2,1-2H3. The number of likely N-dealkylation sites (N-methyl/N-ethyl adjacent to an activating group) is 1. The minimum absolute atomic E-state index is 0.00604. The highest BCUT2D eigenvalue weighted by Crippen LogP contribution is 2.22. The predicted molar refractivity (Wildman–Crippen MR) is 98.4 cm³/mol. The highest BCUT2D eigenvalue weighted by atomic mass is 16.2. The molecule has 0 N–H and O–H groups in total. The molecule has 3 aromatic rings. The molecule has 0 bridgehead atoms. The zero-order valence-electron chi connectivity index (χ0n) is 14.8.